The molecule has 1 heterocycles. The van der Waals surface area contributed by atoms with Crippen LogP contribution in [0.15, 0.2) is 0 Å². The van der Waals surface area contributed by atoms with Gasteiger partial charge in [-0.05, 0) is 19.8 Å². The minimum atomic E-state index is -1.51. The summed E-state index contributed by atoms with van der Waals surface area (Å²) in [4.78, 5) is 23.3. The van der Waals surface area contributed by atoms with E-state index in [0.29, 0.717) is 0 Å². The van der Waals surface area contributed by atoms with Gasteiger partial charge in [0.2, 0.25) is 0 Å². The predicted octanol–water partition coefficient (Wildman–Crippen LogP) is 0.554. The van der Waals surface area contributed by atoms with Gasteiger partial charge in [-0.2, -0.15) is 0 Å². The summed E-state index contributed by atoms with van der Waals surface area (Å²) in [6, 6.07) is 0. The summed E-state index contributed by atoms with van der Waals surface area (Å²) in [5.74, 6) is -1.87. The molecule has 0 aromatic carbocycles. The van der Waals surface area contributed by atoms with E-state index >= 15 is 0 Å². The number of carbonyl (C=O) groups excluding carboxylic acids is 1. The summed E-state index contributed by atoms with van der Waals surface area (Å²) in [7, 11) is 0. The summed E-state index contributed by atoms with van der Waals surface area (Å²) in [6.45, 7) is 4.96. The summed E-state index contributed by atoms with van der Waals surface area (Å²) < 4.78 is 5.20. The van der Waals surface area contributed by atoms with E-state index in [9.17, 15) is 19.8 Å². The van der Waals surface area contributed by atoms with Gasteiger partial charge in [0.25, 0.3) is 0 Å². The van der Waals surface area contributed by atoms with E-state index in [-0.39, 0.29) is 12.8 Å². The second kappa shape index (κ2) is 2.77. The molecule has 90 valence electrons. The van der Waals surface area contributed by atoms with Crippen molar-refractivity contribution in [1.82, 2.24) is 0 Å². The average Bonchev–Trinajstić information content (AvgIpc) is 2.25. The highest BCUT2D eigenvalue weighted by molar-refractivity contribution is 6.02. The molecule has 2 fully saturated rings. The quantitative estimate of drug-likeness (QED) is 0.506. The van der Waals surface area contributed by atoms with Gasteiger partial charge in [0.1, 0.15) is 5.60 Å². The number of carboxylic acid groups (broad SMARTS) is 1. The Kier molecular flexibility index (Phi) is 1.97. The highest BCUT2D eigenvalue weighted by Gasteiger charge is 2.76. The Hall–Kier alpha value is -1.10. The van der Waals surface area contributed by atoms with Crippen LogP contribution >= 0.6 is 0 Å². The first kappa shape index (κ1) is 11.4. The largest absolute Gasteiger partial charge is 0.480 e. The van der Waals surface area contributed by atoms with Crippen LogP contribution in [0, 0.1) is 10.8 Å². The first-order valence-electron chi connectivity index (χ1n) is 5.35. The molecule has 5 heteroatoms. The molecule has 16 heavy (non-hydrogen) atoms. The lowest BCUT2D eigenvalue weighted by atomic mass is 9.53. The zero-order valence-electron chi connectivity index (χ0n) is 9.61. The highest BCUT2D eigenvalue weighted by atomic mass is 16.6. The molecule has 1 saturated carbocycles. The van der Waals surface area contributed by atoms with Gasteiger partial charge in [-0.1, -0.05) is 13.8 Å². The molecule has 0 aromatic rings. The second-order valence-corrected chi connectivity index (χ2v) is 5.39. The lowest BCUT2D eigenvalue weighted by Gasteiger charge is -2.48. The van der Waals surface area contributed by atoms with E-state index in [1.54, 1.807) is 20.8 Å². The fourth-order valence-electron chi connectivity index (χ4n) is 3.08. The molecule has 0 spiro atoms. The maximum atomic E-state index is 11.9. The van der Waals surface area contributed by atoms with Crippen LogP contribution in [-0.4, -0.2) is 33.9 Å². The molecule has 2 rings (SSSR count). The van der Waals surface area contributed by atoms with Crippen LogP contribution in [0.5, 0.6) is 0 Å². The van der Waals surface area contributed by atoms with E-state index in [1.165, 1.54) is 0 Å². The SMILES string of the molecule is CC1(C)[C@@]2(C(=O)O)CC[C@H](O)[C@]1(C)OC2=O. The number of esters is 1. The number of aliphatic hydroxyl groups excluding tert-OH is 1. The summed E-state index contributed by atoms with van der Waals surface area (Å²) in [6.07, 6.45) is -0.399. The second-order valence-electron chi connectivity index (χ2n) is 5.39. The topological polar surface area (TPSA) is 83.8 Å². The van der Waals surface area contributed by atoms with Crippen LogP contribution in [0.2, 0.25) is 0 Å². The van der Waals surface area contributed by atoms with Crippen molar-refractivity contribution in [3.05, 3.63) is 0 Å². The molecular formula is C11H16O5. The third-order valence-electron chi connectivity index (χ3n) is 4.75. The van der Waals surface area contributed by atoms with Gasteiger partial charge < -0.3 is 14.9 Å². The van der Waals surface area contributed by atoms with E-state index in [0.717, 1.165) is 0 Å². The maximum Gasteiger partial charge on any atom is 0.324 e. The van der Waals surface area contributed by atoms with Gasteiger partial charge in [-0.25, -0.2) is 0 Å². The number of hydrogen-bond acceptors (Lipinski definition) is 4. The Balaban J connectivity index is 2.64. The fourth-order valence-corrected chi connectivity index (χ4v) is 3.08. The number of aliphatic hydroxyl groups is 1. The first-order valence-corrected chi connectivity index (χ1v) is 5.35. The smallest absolute Gasteiger partial charge is 0.324 e. The van der Waals surface area contributed by atoms with Crippen molar-refractivity contribution >= 4 is 11.9 Å². The van der Waals surface area contributed by atoms with Gasteiger partial charge >= 0.3 is 11.9 Å². The van der Waals surface area contributed by atoms with Crippen molar-refractivity contribution < 1.29 is 24.5 Å². The number of aliphatic carboxylic acids is 1. The number of fused-ring (bicyclic) bond motifs is 2. The van der Waals surface area contributed by atoms with Crippen LogP contribution in [0.1, 0.15) is 33.6 Å². The van der Waals surface area contributed by atoms with Crippen LogP contribution in [0.3, 0.4) is 0 Å². The van der Waals surface area contributed by atoms with Crippen LogP contribution in [0.25, 0.3) is 0 Å². The molecule has 2 N–H and O–H groups in total. The maximum absolute atomic E-state index is 11.9. The molecule has 2 aliphatic rings. The molecule has 2 bridgehead atoms. The van der Waals surface area contributed by atoms with Gasteiger partial charge in [0.05, 0.1) is 6.10 Å². The number of rotatable bonds is 1. The van der Waals surface area contributed by atoms with E-state index in [2.05, 4.69) is 0 Å². The monoisotopic (exact) mass is 228 g/mol. The van der Waals surface area contributed by atoms with Crippen molar-refractivity contribution in [3.63, 3.8) is 0 Å². The third kappa shape index (κ3) is 0.867. The molecule has 1 saturated heterocycles. The Bertz CT molecular complexity index is 375. The average molecular weight is 228 g/mol. The standard InChI is InChI=1S/C11H16O5/c1-9(2)10(3)6(12)4-5-11(9,7(13)14)8(15)16-10/h6,12H,4-5H2,1-3H3,(H,13,14)/t6-,10-,11+/m0/s1. The highest BCUT2D eigenvalue weighted by Crippen LogP contribution is 2.62. The van der Waals surface area contributed by atoms with Crippen LogP contribution in [0.4, 0.5) is 0 Å². The minimum Gasteiger partial charge on any atom is -0.480 e. The zero-order valence-corrected chi connectivity index (χ0v) is 9.61. The molecule has 0 unspecified atom stereocenters. The van der Waals surface area contributed by atoms with Gasteiger partial charge in [-0.3, -0.25) is 9.59 Å². The van der Waals surface area contributed by atoms with Gasteiger partial charge in [-0.15, -0.1) is 0 Å². The van der Waals surface area contributed by atoms with E-state index in [1.807, 2.05) is 0 Å². The van der Waals surface area contributed by atoms with Crippen molar-refractivity contribution in [2.45, 2.75) is 45.3 Å². The van der Waals surface area contributed by atoms with Crippen molar-refractivity contribution in [3.8, 4) is 0 Å². The summed E-state index contributed by atoms with van der Waals surface area (Å²) >= 11 is 0. The Morgan fingerprint density at radius 3 is 2.50 bits per heavy atom. The fraction of sp³-hybridized carbons (Fsp3) is 0.818. The first-order chi connectivity index (χ1) is 7.20. The van der Waals surface area contributed by atoms with Gasteiger partial charge in [0, 0.05) is 5.41 Å². The predicted molar refractivity (Wildman–Crippen MR) is 53.6 cm³/mol. The number of carboxylic acids is 1. The number of ether oxygens (including phenoxy) is 1. The Morgan fingerprint density at radius 2 is 2.00 bits per heavy atom. The summed E-state index contributed by atoms with van der Waals surface area (Å²) in [5.41, 5.74) is -3.54. The summed E-state index contributed by atoms with van der Waals surface area (Å²) in [5, 5.41) is 19.3. The molecule has 0 amide bonds. The third-order valence-corrected chi connectivity index (χ3v) is 4.75. The molecular weight excluding hydrogens is 212 g/mol. The molecule has 5 nitrogen and oxygen atoms in total. The molecule has 3 atom stereocenters. The molecule has 0 aromatic heterocycles. The lowest BCUT2D eigenvalue weighted by Crippen LogP contribution is -2.60. The number of hydrogen-bond donors (Lipinski definition) is 2. The van der Waals surface area contributed by atoms with Crippen molar-refractivity contribution in [2.24, 2.45) is 10.8 Å². The van der Waals surface area contributed by atoms with Gasteiger partial charge in [0.15, 0.2) is 5.41 Å². The van der Waals surface area contributed by atoms with E-state index < -0.39 is 34.5 Å². The van der Waals surface area contributed by atoms with Crippen molar-refractivity contribution in [2.75, 3.05) is 0 Å². The normalized spacial score (nSPS) is 45.2. The zero-order chi connectivity index (χ0) is 12.4. The molecule has 0 radical (unpaired) electrons. The molecule has 1 aliphatic heterocycles. The van der Waals surface area contributed by atoms with Crippen molar-refractivity contribution in [1.29, 1.82) is 0 Å². The lowest BCUT2D eigenvalue weighted by molar-refractivity contribution is -0.171. The Morgan fingerprint density at radius 1 is 1.44 bits per heavy atom. The Labute approximate surface area is 93.4 Å². The van der Waals surface area contributed by atoms with Crippen LogP contribution < -0.4 is 0 Å². The minimum absolute atomic E-state index is 0.130. The van der Waals surface area contributed by atoms with E-state index in [4.69, 9.17) is 4.74 Å². The van der Waals surface area contributed by atoms with Crippen LogP contribution in [-0.2, 0) is 14.3 Å². The number of carbonyl (C=O) groups is 2. The molecule has 1 aliphatic carbocycles.